The van der Waals surface area contributed by atoms with Crippen LogP contribution >= 0.6 is 0 Å². The zero-order valence-electron chi connectivity index (χ0n) is 15.3. The molecule has 1 aliphatic rings. The SMILES string of the molecule is N#CC[C@H]1CC[C@@H](n2c(-c3cnc(N)nc3)nc3cnc4[nH]ccc4c32)CC1. The van der Waals surface area contributed by atoms with Crippen molar-refractivity contribution in [3.63, 3.8) is 0 Å². The number of rotatable bonds is 3. The van der Waals surface area contributed by atoms with E-state index >= 15 is 0 Å². The monoisotopic (exact) mass is 372 g/mol. The van der Waals surface area contributed by atoms with Gasteiger partial charge in [0.1, 0.15) is 17.0 Å². The highest BCUT2D eigenvalue weighted by molar-refractivity contribution is 6.02. The smallest absolute Gasteiger partial charge is 0.219 e. The van der Waals surface area contributed by atoms with Crippen molar-refractivity contribution < 1.29 is 0 Å². The molecule has 4 aromatic heterocycles. The Morgan fingerprint density at radius 2 is 1.93 bits per heavy atom. The predicted molar refractivity (Wildman–Crippen MR) is 106 cm³/mol. The summed E-state index contributed by atoms with van der Waals surface area (Å²) in [6.07, 6.45) is 12.0. The Kier molecular flexibility index (Phi) is 3.93. The van der Waals surface area contributed by atoms with Gasteiger partial charge >= 0.3 is 0 Å². The molecular weight excluding hydrogens is 352 g/mol. The normalized spacial score (nSPS) is 19.8. The minimum absolute atomic E-state index is 0.248. The maximum absolute atomic E-state index is 9.02. The number of nitrogen functional groups attached to an aromatic ring is 1. The molecule has 0 amide bonds. The van der Waals surface area contributed by atoms with Crippen molar-refractivity contribution in [2.75, 3.05) is 5.73 Å². The molecule has 4 aromatic rings. The highest BCUT2D eigenvalue weighted by atomic mass is 15.1. The van der Waals surface area contributed by atoms with Crippen LogP contribution in [0.2, 0.25) is 0 Å². The lowest BCUT2D eigenvalue weighted by Crippen LogP contribution is -2.19. The minimum atomic E-state index is 0.248. The number of pyridine rings is 1. The van der Waals surface area contributed by atoms with Gasteiger partial charge in [0.05, 0.1) is 23.3 Å². The summed E-state index contributed by atoms with van der Waals surface area (Å²) in [5.41, 5.74) is 9.31. The number of fused-ring (bicyclic) bond motifs is 3. The van der Waals surface area contributed by atoms with E-state index in [0.717, 1.165) is 59.1 Å². The third-order valence-electron chi connectivity index (χ3n) is 5.73. The molecule has 8 nitrogen and oxygen atoms in total. The van der Waals surface area contributed by atoms with Gasteiger partial charge in [-0.15, -0.1) is 0 Å². The molecule has 0 radical (unpaired) electrons. The number of aromatic nitrogens is 6. The number of nitrogens with two attached hydrogens (primary N) is 1. The van der Waals surface area contributed by atoms with Crippen molar-refractivity contribution in [1.82, 2.24) is 29.5 Å². The number of aromatic amines is 1. The van der Waals surface area contributed by atoms with Gasteiger partial charge in [0.25, 0.3) is 0 Å². The Bertz CT molecular complexity index is 1170. The summed E-state index contributed by atoms with van der Waals surface area (Å²) in [5.74, 6) is 1.58. The zero-order valence-corrected chi connectivity index (χ0v) is 15.3. The first kappa shape index (κ1) is 16.7. The molecule has 0 unspecified atom stereocenters. The second-order valence-electron chi connectivity index (χ2n) is 7.40. The first-order valence-electron chi connectivity index (χ1n) is 9.53. The fourth-order valence-corrected chi connectivity index (χ4v) is 4.34. The van der Waals surface area contributed by atoms with E-state index in [4.69, 9.17) is 16.0 Å². The molecule has 140 valence electrons. The van der Waals surface area contributed by atoms with Crippen LogP contribution in [0, 0.1) is 17.2 Å². The average molecular weight is 372 g/mol. The van der Waals surface area contributed by atoms with Crippen LogP contribution in [0.15, 0.2) is 30.9 Å². The molecule has 1 aliphatic carbocycles. The van der Waals surface area contributed by atoms with Crippen molar-refractivity contribution in [2.45, 2.75) is 38.1 Å². The largest absolute Gasteiger partial charge is 0.368 e. The summed E-state index contributed by atoms with van der Waals surface area (Å²) < 4.78 is 2.32. The van der Waals surface area contributed by atoms with Gasteiger partial charge in [-0.05, 0) is 37.7 Å². The number of hydrogen-bond donors (Lipinski definition) is 2. The van der Waals surface area contributed by atoms with Crippen LogP contribution in [0.25, 0.3) is 33.5 Å². The van der Waals surface area contributed by atoms with Gasteiger partial charge in [-0.2, -0.15) is 5.26 Å². The Morgan fingerprint density at radius 1 is 1.14 bits per heavy atom. The molecule has 0 aliphatic heterocycles. The number of nitrogens with zero attached hydrogens (tertiary/aromatic N) is 6. The quantitative estimate of drug-likeness (QED) is 0.566. The molecule has 0 saturated heterocycles. The van der Waals surface area contributed by atoms with Gasteiger partial charge in [-0.1, -0.05) is 0 Å². The van der Waals surface area contributed by atoms with E-state index in [1.807, 2.05) is 18.5 Å². The van der Waals surface area contributed by atoms with E-state index in [1.165, 1.54) is 0 Å². The van der Waals surface area contributed by atoms with E-state index in [-0.39, 0.29) is 5.95 Å². The number of nitriles is 1. The second-order valence-corrected chi connectivity index (χ2v) is 7.40. The van der Waals surface area contributed by atoms with E-state index < -0.39 is 0 Å². The van der Waals surface area contributed by atoms with Gasteiger partial charge in [0.15, 0.2) is 0 Å². The fourth-order valence-electron chi connectivity index (χ4n) is 4.34. The lowest BCUT2D eigenvalue weighted by atomic mass is 9.84. The van der Waals surface area contributed by atoms with Crippen LogP contribution in [0.4, 0.5) is 5.95 Å². The Labute approximate surface area is 161 Å². The summed E-state index contributed by atoms with van der Waals surface area (Å²) >= 11 is 0. The van der Waals surface area contributed by atoms with E-state index in [0.29, 0.717) is 18.4 Å². The van der Waals surface area contributed by atoms with Crippen LogP contribution in [0.5, 0.6) is 0 Å². The average Bonchev–Trinajstić information content (AvgIpc) is 3.33. The zero-order chi connectivity index (χ0) is 19.1. The lowest BCUT2D eigenvalue weighted by molar-refractivity contribution is 0.283. The van der Waals surface area contributed by atoms with Gasteiger partial charge < -0.3 is 15.3 Å². The molecule has 0 atom stereocenters. The van der Waals surface area contributed by atoms with Crippen LogP contribution in [0.1, 0.15) is 38.1 Å². The molecular formula is C20H20N8. The first-order chi connectivity index (χ1) is 13.7. The van der Waals surface area contributed by atoms with E-state index in [2.05, 4.69) is 30.6 Å². The molecule has 0 spiro atoms. The number of H-pyrrole nitrogens is 1. The highest BCUT2D eigenvalue weighted by Crippen LogP contribution is 2.39. The maximum Gasteiger partial charge on any atom is 0.219 e. The van der Waals surface area contributed by atoms with E-state index in [9.17, 15) is 0 Å². The van der Waals surface area contributed by atoms with Crippen molar-refractivity contribution in [1.29, 1.82) is 5.26 Å². The molecule has 0 aromatic carbocycles. The number of imidazole rings is 1. The maximum atomic E-state index is 9.02. The Morgan fingerprint density at radius 3 is 2.68 bits per heavy atom. The van der Waals surface area contributed by atoms with E-state index in [1.54, 1.807) is 12.4 Å². The molecule has 5 rings (SSSR count). The summed E-state index contributed by atoms with van der Waals surface area (Å²) in [5, 5.41) is 10.1. The van der Waals surface area contributed by atoms with Crippen molar-refractivity contribution in [3.05, 3.63) is 30.9 Å². The topological polar surface area (TPSA) is 122 Å². The lowest BCUT2D eigenvalue weighted by Gasteiger charge is -2.29. The summed E-state index contributed by atoms with van der Waals surface area (Å²) in [6, 6.07) is 4.68. The molecule has 3 N–H and O–H groups in total. The van der Waals surface area contributed by atoms with Gasteiger partial charge in [-0.3, -0.25) is 0 Å². The van der Waals surface area contributed by atoms with Crippen LogP contribution in [-0.4, -0.2) is 29.5 Å². The highest BCUT2D eigenvalue weighted by Gasteiger charge is 2.27. The third-order valence-corrected chi connectivity index (χ3v) is 5.73. The standard InChI is InChI=1S/C20H20N8/c21-7-5-12-1-3-14(4-2-12)28-17-15-6-8-23-18(15)24-11-16(17)27-19(28)13-9-25-20(22)26-10-13/h6,8-12,14H,1-5H2,(H,23,24)(H2,22,25,26)/t12-,14+. The van der Waals surface area contributed by atoms with Crippen LogP contribution in [-0.2, 0) is 0 Å². The second kappa shape index (κ2) is 6.60. The van der Waals surface area contributed by atoms with Crippen LogP contribution in [0.3, 0.4) is 0 Å². The first-order valence-corrected chi connectivity index (χ1v) is 9.53. The Balaban J connectivity index is 1.68. The molecule has 4 heterocycles. The predicted octanol–water partition coefficient (Wildman–Crippen LogP) is 3.60. The summed E-state index contributed by atoms with van der Waals surface area (Å²) in [4.78, 5) is 20.9. The van der Waals surface area contributed by atoms with Crippen LogP contribution < -0.4 is 5.73 Å². The molecule has 0 bridgehead atoms. The number of hydrogen-bond acceptors (Lipinski definition) is 6. The van der Waals surface area contributed by atoms with Gasteiger partial charge in [0, 0.05) is 36.4 Å². The Hall–Kier alpha value is -3.47. The van der Waals surface area contributed by atoms with Gasteiger partial charge in [-0.25, -0.2) is 19.9 Å². The third kappa shape index (κ3) is 2.67. The molecule has 8 heteroatoms. The van der Waals surface area contributed by atoms with Crippen molar-refractivity contribution in [3.8, 4) is 17.5 Å². The number of nitrogens with one attached hydrogen (secondary N) is 1. The summed E-state index contributed by atoms with van der Waals surface area (Å²) in [7, 11) is 0. The molecule has 28 heavy (non-hydrogen) atoms. The van der Waals surface area contributed by atoms with Gasteiger partial charge in [0.2, 0.25) is 5.95 Å². The minimum Gasteiger partial charge on any atom is -0.368 e. The summed E-state index contributed by atoms with van der Waals surface area (Å²) in [6.45, 7) is 0. The fraction of sp³-hybridized carbons (Fsp3) is 0.350. The van der Waals surface area contributed by atoms with Crippen molar-refractivity contribution in [2.24, 2.45) is 5.92 Å². The molecule has 1 fully saturated rings. The molecule has 1 saturated carbocycles. The van der Waals surface area contributed by atoms with Crippen molar-refractivity contribution >= 4 is 28.0 Å². The number of anilines is 1.